The third-order valence-corrected chi connectivity index (χ3v) is 3.52. The van der Waals surface area contributed by atoms with Gasteiger partial charge >= 0.3 is 0 Å². The van der Waals surface area contributed by atoms with Gasteiger partial charge in [-0.3, -0.25) is 4.79 Å². The van der Waals surface area contributed by atoms with E-state index in [-0.39, 0.29) is 23.6 Å². The van der Waals surface area contributed by atoms with Crippen LogP contribution in [0.1, 0.15) is 24.9 Å². The lowest BCUT2D eigenvalue weighted by Crippen LogP contribution is -2.41. The highest BCUT2D eigenvalue weighted by Crippen LogP contribution is 2.19. The molecule has 0 aliphatic carbocycles. The van der Waals surface area contributed by atoms with Crippen LogP contribution in [-0.4, -0.2) is 31.7 Å². The van der Waals surface area contributed by atoms with Gasteiger partial charge in [0.1, 0.15) is 11.6 Å². The van der Waals surface area contributed by atoms with Crippen molar-refractivity contribution in [3.63, 3.8) is 0 Å². The molecule has 20 heavy (non-hydrogen) atoms. The van der Waals surface area contributed by atoms with Gasteiger partial charge in [0.15, 0.2) is 0 Å². The van der Waals surface area contributed by atoms with Crippen molar-refractivity contribution in [3.05, 3.63) is 35.4 Å². The van der Waals surface area contributed by atoms with Crippen LogP contribution in [0.5, 0.6) is 0 Å². The maximum atomic E-state index is 13.6. The molecule has 0 saturated carbocycles. The summed E-state index contributed by atoms with van der Waals surface area (Å²) < 4.78 is 31.9. The first-order chi connectivity index (χ1) is 9.51. The molecule has 0 bridgehead atoms. The van der Waals surface area contributed by atoms with Crippen molar-refractivity contribution in [2.45, 2.75) is 31.5 Å². The molecule has 1 aliphatic rings. The molecule has 1 heterocycles. The number of amides is 1. The van der Waals surface area contributed by atoms with Gasteiger partial charge in [-0.15, -0.1) is 0 Å². The Morgan fingerprint density at radius 1 is 1.50 bits per heavy atom. The monoisotopic (exact) mass is 284 g/mol. The zero-order chi connectivity index (χ0) is 14.7. The van der Waals surface area contributed by atoms with E-state index in [0.29, 0.717) is 13.0 Å². The normalized spacial score (nSPS) is 23.6. The van der Waals surface area contributed by atoms with E-state index in [0.717, 1.165) is 18.2 Å². The highest BCUT2D eigenvalue weighted by atomic mass is 19.1. The van der Waals surface area contributed by atoms with Crippen LogP contribution in [0.2, 0.25) is 0 Å². The fourth-order valence-electron chi connectivity index (χ4n) is 2.32. The van der Waals surface area contributed by atoms with Crippen molar-refractivity contribution >= 4 is 5.91 Å². The Bertz CT molecular complexity index is 496. The van der Waals surface area contributed by atoms with Crippen LogP contribution in [0.25, 0.3) is 0 Å². The van der Waals surface area contributed by atoms with Crippen molar-refractivity contribution in [1.29, 1.82) is 0 Å². The van der Waals surface area contributed by atoms with E-state index >= 15 is 0 Å². The van der Waals surface area contributed by atoms with Crippen LogP contribution in [-0.2, 0) is 9.53 Å². The number of methoxy groups -OCH3 is 1. The second kappa shape index (κ2) is 6.28. The number of hydrogen-bond donors (Lipinski definition) is 2. The van der Waals surface area contributed by atoms with Crippen LogP contribution < -0.4 is 10.6 Å². The average molecular weight is 284 g/mol. The summed E-state index contributed by atoms with van der Waals surface area (Å²) in [5.74, 6) is -1.30. The minimum absolute atomic E-state index is 0.00645. The van der Waals surface area contributed by atoms with E-state index in [1.54, 1.807) is 14.0 Å². The topological polar surface area (TPSA) is 50.4 Å². The highest BCUT2D eigenvalue weighted by Gasteiger charge is 2.30. The summed E-state index contributed by atoms with van der Waals surface area (Å²) in [4.78, 5) is 12.0. The number of carbonyl (C=O) groups is 1. The third kappa shape index (κ3) is 3.32. The predicted octanol–water partition coefficient (Wildman–Crippen LogP) is 1.52. The molecular formula is C14H18F2N2O2. The summed E-state index contributed by atoms with van der Waals surface area (Å²) in [7, 11) is 1.59. The minimum Gasteiger partial charge on any atom is -0.380 e. The molecule has 3 atom stereocenters. The molecule has 6 heteroatoms. The van der Waals surface area contributed by atoms with E-state index in [1.165, 1.54) is 0 Å². The lowest BCUT2D eigenvalue weighted by Gasteiger charge is -2.18. The van der Waals surface area contributed by atoms with E-state index in [2.05, 4.69) is 10.6 Å². The Labute approximate surface area is 116 Å². The van der Waals surface area contributed by atoms with Crippen LogP contribution in [0.15, 0.2) is 18.2 Å². The molecule has 0 radical (unpaired) electrons. The second-order valence-corrected chi connectivity index (χ2v) is 4.95. The van der Waals surface area contributed by atoms with E-state index < -0.39 is 17.7 Å². The number of nitrogens with one attached hydrogen (secondary N) is 2. The largest absolute Gasteiger partial charge is 0.380 e. The number of hydrogen-bond acceptors (Lipinski definition) is 3. The molecule has 1 aromatic rings. The molecule has 4 nitrogen and oxygen atoms in total. The predicted molar refractivity (Wildman–Crippen MR) is 70.1 cm³/mol. The van der Waals surface area contributed by atoms with Gasteiger partial charge in [-0.25, -0.2) is 8.78 Å². The molecule has 0 aromatic heterocycles. The molecule has 1 aromatic carbocycles. The van der Waals surface area contributed by atoms with E-state index in [4.69, 9.17) is 4.74 Å². The molecule has 0 spiro atoms. The summed E-state index contributed by atoms with van der Waals surface area (Å²) in [5.41, 5.74) is 0.139. The summed E-state index contributed by atoms with van der Waals surface area (Å²) in [6.45, 7) is 2.23. The van der Waals surface area contributed by atoms with Gasteiger partial charge in [-0.05, 0) is 31.5 Å². The highest BCUT2D eigenvalue weighted by molar-refractivity contribution is 5.82. The summed E-state index contributed by atoms with van der Waals surface area (Å²) in [6.07, 6.45) is 0.577. The maximum absolute atomic E-state index is 13.6. The average Bonchev–Trinajstić information content (AvgIpc) is 2.90. The van der Waals surface area contributed by atoms with Crippen LogP contribution in [0, 0.1) is 11.6 Å². The number of rotatable bonds is 4. The van der Waals surface area contributed by atoms with Crippen LogP contribution in [0.3, 0.4) is 0 Å². The lowest BCUT2D eigenvalue weighted by atomic mass is 10.1. The zero-order valence-electron chi connectivity index (χ0n) is 11.5. The van der Waals surface area contributed by atoms with Gasteiger partial charge in [0.2, 0.25) is 5.91 Å². The molecule has 1 fully saturated rings. The standard InChI is InChI=1S/C14H18F2N2O2/c1-8(11-5-9(15)3-4-12(11)16)18-14(19)13-6-10(20-2)7-17-13/h3-5,8,10,13,17H,6-7H2,1-2H3,(H,18,19). The fraction of sp³-hybridized carbons (Fsp3) is 0.500. The summed E-state index contributed by atoms with van der Waals surface area (Å²) in [5, 5.41) is 5.72. The first-order valence-corrected chi connectivity index (χ1v) is 6.52. The molecule has 1 saturated heterocycles. The Balaban J connectivity index is 1.99. The zero-order valence-corrected chi connectivity index (χ0v) is 11.5. The Morgan fingerprint density at radius 3 is 2.90 bits per heavy atom. The van der Waals surface area contributed by atoms with Gasteiger partial charge in [-0.1, -0.05) is 0 Å². The van der Waals surface area contributed by atoms with Gasteiger partial charge in [0.05, 0.1) is 18.2 Å². The second-order valence-electron chi connectivity index (χ2n) is 4.95. The van der Waals surface area contributed by atoms with Crippen LogP contribution >= 0.6 is 0 Å². The third-order valence-electron chi connectivity index (χ3n) is 3.52. The first kappa shape index (κ1) is 14.9. The van der Waals surface area contributed by atoms with Gasteiger partial charge < -0.3 is 15.4 Å². The van der Waals surface area contributed by atoms with Crippen molar-refractivity contribution < 1.29 is 18.3 Å². The first-order valence-electron chi connectivity index (χ1n) is 6.52. The van der Waals surface area contributed by atoms with Gasteiger partial charge in [0.25, 0.3) is 0 Å². The minimum atomic E-state index is -0.596. The summed E-state index contributed by atoms with van der Waals surface area (Å²) in [6, 6.07) is 2.25. The smallest absolute Gasteiger partial charge is 0.237 e. The number of carbonyl (C=O) groups excluding carboxylic acids is 1. The molecule has 3 unspecified atom stereocenters. The Hall–Kier alpha value is -1.53. The van der Waals surface area contributed by atoms with E-state index in [1.807, 2.05) is 0 Å². The maximum Gasteiger partial charge on any atom is 0.237 e. The Morgan fingerprint density at radius 2 is 2.25 bits per heavy atom. The van der Waals surface area contributed by atoms with Crippen molar-refractivity contribution in [1.82, 2.24) is 10.6 Å². The molecule has 110 valence electrons. The fourth-order valence-corrected chi connectivity index (χ4v) is 2.32. The van der Waals surface area contributed by atoms with Gasteiger partial charge in [-0.2, -0.15) is 0 Å². The molecule has 1 aliphatic heterocycles. The SMILES string of the molecule is COC1CNC(C(=O)NC(C)c2cc(F)ccc2F)C1. The lowest BCUT2D eigenvalue weighted by molar-refractivity contribution is -0.123. The quantitative estimate of drug-likeness (QED) is 0.881. The Kier molecular flexibility index (Phi) is 4.67. The summed E-state index contributed by atoms with van der Waals surface area (Å²) >= 11 is 0. The van der Waals surface area contributed by atoms with Crippen molar-refractivity contribution in [3.8, 4) is 0 Å². The number of benzene rings is 1. The number of halogens is 2. The van der Waals surface area contributed by atoms with Crippen molar-refractivity contribution in [2.75, 3.05) is 13.7 Å². The van der Waals surface area contributed by atoms with E-state index in [9.17, 15) is 13.6 Å². The molecule has 2 rings (SSSR count). The van der Waals surface area contributed by atoms with Gasteiger partial charge in [0, 0.05) is 19.2 Å². The number of ether oxygens (including phenoxy) is 1. The van der Waals surface area contributed by atoms with Crippen LogP contribution in [0.4, 0.5) is 8.78 Å². The molecule has 1 amide bonds. The molecule has 2 N–H and O–H groups in total. The van der Waals surface area contributed by atoms with Crippen molar-refractivity contribution in [2.24, 2.45) is 0 Å². The molecular weight excluding hydrogens is 266 g/mol.